The molecule has 0 bridgehead atoms. The number of nitrogens with zero attached hydrogens (tertiary/aromatic N) is 2. The quantitative estimate of drug-likeness (QED) is 0.759. The van der Waals surface area contributed by atoms with Crippen LogP contribution in [-0.2, 0) is 0 Å². The lowest BCUT2D eigenvalue weighted by molar-refractivity contribution is 0.262. The van der Waals surface area contributed by atoms with Crippen molar-refractivity contribution in [2.75, 3.05) is 10.6 Å². The molecule has 0 aliphatic heterocycles. The lowest BCUT2D eigenvalue weighted by Gasteiger charge is -2.08. The summed E-state index contributed by atoms with van der Waals surface area (Å²) in [6.07, 6.45) is 3.97. The van der Waals surface area contributed by atoms with Crippen molar-refractivity contribution < 1.29 is 4.79 Å². The third kappa shape index (κ3) is 2.91. The van der Waals surface area contributed by atoms with E-state index in [4.69, 9.17) is 11.6 Å². The molecule has 1 aliphatic rings. The van der Waals surface area contributed by atoms with Gasteiger partial charge < -0.3 is 5.32 Å². The summed E-state index contributed by atoms with van der Waals surface area (Å²) in [5, 5.41) is 12.7. The Kier molecular flexibility index (Phi) is 3.31. The van der Waals surface area contributed by atoms with E-state index in [1.807, 2.05) is 13.0 Å². The van der Waals surface area contributed by atoms with Crippen LogP contribution in [-0.4, -0.2) is 21.2 Å². The molecule has 2 aromatic rings. The Bertz CT molecular complexity index is 650. The number of hydrogen-bond acceptors (Lipinski definition) is 3. The number of hydrogen-bond donors (Lipinski definition) is 3. The first-order valence-electron chi connectivity index (χ1n) is 6.37. The maximum absolute atomic E-state index is 11.9. The van der Waals surface area contributed by atoms with E-state index in [1.165, 1.54) is 12.8 Å². The fourth-order valence-electron chi connectivity index (χ4n) is 1.91. The molecular weight excluding hydrogens is 278 g/mol. The van der Waals surface area contributed by atoms with Crippen molar-refractivity contribution in [3.63, 3.8) is 0 Å². The first kappa shape index (κ1) is 12.9. The molecule has 7 heteroatoms. The van der Waals surface area contributed by atoms with E-state index in [1.54, 1.807) is 12.3 Å². The zero-order valence-corrected chi connectivity index (χ0v) is 11.7. The second-order valence-corrected chi connectivity index (χ2v) is 5.27. The van der Waals surface area contributed by atoms with E-state index in [0.717, 1.165) is 11.3 Å². The topological polar surface area (TPSA) is 82.7 Å². The monoisotopic (exact) mass is 291 g/mol. The number of amides is 2. The first-order valence-corrected chi connectivity index (χ1v) is 6.75. The number of urea groups is 1. The Hall–Kier alpha value is -2.08. The van der Waals surface area contributed by atoms with Crippen molar-refractivity contribution >= 4 is 29.1 Å². The number of rotatable bonds is 3. The van der Waals surface area contributed by atoms with Gasteiger partial charge in [-0.25, -0.2) is 9.78 Å². The highest BCUT2D eigenvalue weighted by Gasteiger charge is 2.25. The first-order chi connectivity index (χ1) is 9.61. The number of aryl methyl sites for hydroxylation is 1. The van der Waals surface area contributed by atoms with E-state index in [-0.39, 0.29) is 6.03 Å². The summed E-state index contributed by atoms with van der Waals surface area (Å²) in [4.78, 5) is 15.8. The molecule has 0 atom stereocenters. The average Bonchev–Trinajstić information content (AvgIpc) is 3.15. The summed E-state index contributed by atoms with van der Waals surface area (Å²) in [5.41, 5.74) is 2.54. The number of aromatic nitrogens is 3. The molecule has 1 fully saturated rings. The summed E-state index contributed by atoms with van der Waals surface area (Å²) in [6, 6.07) is 3.12. The van der Waals surface area contributed by atoms with E-state index >= 15 is 0 Å². The minimum Gasteiger partial charge on any atom is -0.307 e. The van der Waals surface area contributed by atoms with E-state index in [2.05, 4.69) is 25.8 Å². The van der Waals surface area contributed by atoms with Gasteiger partial charge in [0.2, 0.25) is 0 Å². The van der Waals surface area contributed by atoms with Crippen molar-refractivity contribution in [1.29, 1.82) is 0 Å². The van der Waals surface area contributed by atoms with Crippen LogP contribution >= 0.6 is 11.6 Å². The van der Waals surface area contributed by atoms with Gasteiger partial charge in [-0.2, -0.15) is 5.10 Å². The molecule has 2 heterocycles. The van der Waals surface area contributed by atoms with Crippen molar-refractivity contribution in [3.8, 4) is 0 Å². The molecule has 3 rings (SSSR count). The Balaban J connectivity index is 1.65. The lowest BCUT2D eigenvalue weighted by Crippen LogP contribution is -2.20. The maximum Gasteiger partial charge on any atom is 0.324 e. The third-order valence-corrected chi connectivity index (χ3v) is 3.38. The van der Waals surface area contributed by atoms with Crippen LogP contribution < -0.4 is 10.6 Å². The highest BCUT2D eigenvalue weighted by Crippen LogP contribution is 2.39. The zero-order valence-electron chi connectivity index (χ0n) is 10.9. The molecule has 1 aliphatic carbocycles. The fraction of sp³-hybridized carbons (Fsp3) is 0.308. The molecule has 1 saturated carbocycles. The molecule has 0 unspecified atom stereocenters. The Morgan fingerprint density at radius 1 is 1.40 bits per heavy atom. The Morgan fingerprint density at radius 3 is 2.95 bits per heavy atom. The maximum atomic E-state index is 11.9. The number of carbonyl (C=O) groups is 1. The number of pyridine rings is 1. The largest absolute Gasteiger partial charge is 0.324 e. The zero-order chi connectivity index (χ0) is 14.1. The molecule has 0 spiro atoms. The molecule has 0 aromatic carbocycles. The van der Waals surface area contributed by atoms with Crippen molar-refractivity contribution in [2.45, 2.75) is 25.7 Å². The standard InChI is InChI=1S/C13H14ClN5O/c1-7-6-15-11(14)4-9(7)16-13(20)17-12-5-10(18-19-12)8-2-3-8/h4-6,8H,2-3H2,1H3,(H3,15,16,17,18,19,20). The van der Waals surface area contributed by atoms with Crippen LogP contribution in [0.1, 0.15) is 30.0 Å². The fourth-order valence-corrected chi connectivity index (χ4v) is 2.06. The van der Waals surface area contributed by atoms with Crippen molar-refractivity contribution in [2.24, 2.45) is 0 Å². The third-order valence-electron chi connectivity index (χ3n) is 3.17. The number of halogens is 1. The van der Waals surface area contributed by atoms with Gasteiger partial charge in [0, 0.05) is 29.6 Å². The van der Waals surface area contributed by atoms with E-state index in [0.29, 0.717) is 22.6 Å². The van der Waals surface area contributed by atoms with Crippen LogP contribution in [0.5, 0.6) is 0 Å². The van der Waals surface area contributed by atoms with Crippen LogP contribution in [0.15, 0.2) is 18.3 Å². The predicted octanol–water partition coefficient (Wildman–Crippen LogP) is 3.29. The van der Waals surface area contributed by atoms with Crippen molar-refractivity contribution in [3.05, 3.63) is 34.7 Å². The second kappa shape index (κ2) is 5.13. The molecular formula is C13H14ClN5O. The normalized spacial score (nSPS) is 14.1. The number of nitrogens with one attached hydrogen (secondary N) is 3. The molecule has 3 N–H and O–H groups in total. The number of carbonyl (C=O) groups excluding carboxylic acids is 1. The second-order valence-electron chi connectivity index (χ2n) is 4.88. The molecule has 6 nitrogen and oxygen atoms in total. The number of anilines is 2. The smallest absolute Gasteiger partial charge is 0.307 e. The Morgan fingerprint density at radius 2 is 2.20 bits per heavy atom. The van der Waals surface area contributed by atoms with Gasteiger partial charge in [-0.1, -0.05) is 11.6 Å². The highest BCUT2D eigenvalue weighted by molar-refractivity contribution is 6.29. The predicted molar refractivity (Wildman–Crippen MR) is 77.2 cm³/mol. The minimum absolute atomic E-state index is 0.335. The van der Waals surface area contributed by atoms with Gasteiger partial charge in [0.25, 0.3) is 0 Å². The summed E-state index contributed by atoms with van der Waals surface area (Å²) in [5.74, 6) is 1.09. The van der Waals surface area contributed by atoms with Gasteiger partial charge in [-0.05, 0) is 31.4 Å². The molecule has 2 amide bonds. The van der Waals surface area contributed by atoms with Gasteiger partial charge in [0.1, 0.15) is 5.15 Å². The summed E-state index contributed by atoms with van der Waals surface area (Å²) in [7, 11) is 0. The molecule has 104 valence electrons. The van der Waals surface area contributed by atoms with Gasteiger partial charge in [0.15, 0.2) is 5.82 Å². The summed E-state index contributed by atoms with van der Waals surface area (Å²) in [6.45, 7) is 1.85. The molecule has 20 heavy (non-hydrogen) atoms. The van der Waals surface area contributed by atoms with Crippen LogP contribution in [0.3, 0.4) is 0 Å². The number of aromatic amines is 1. The molecule has 0 radical (unpaired) electrons. The summed E-state index contributed by atoms with van der Waals surface area (Å²) < 4.78 is 0. The molecule has 2 aromatic heterocycles. The summed E-state index contributed by atoms with van der Waals surface area (Å²) >= 11 is 5.81. The van der Waals surface area contributed by atoms with Crippen LogP contribution in [0.2, 0.25) is 5.15 Å². The van der Waals surface area contributed by atoms with Crippen LogP contribution in [0.4, 0.5) is 16.3 Å². The SMILES string of the molecule is Cc1cnc(Cl)cc1NC(=O)Nc1cc(C2CC2)[nH]n1. The van der Waals surface area contributed by atoms with Crippen LogP contribution in [0, 0.1) is 6.92 Å². The van der Waals surface area contributed by atoms with Crippen LogP contribution in [0.25, 0.3) is 0 Å². The Labute approximate surface area is 120 Å². The average molecular weight is 292 g/mol. The highest BCUT2D eigenvalue weighted by atomic mass is 35.5. The van der Waals surface area contributed by atoms with Gasteiger partial charge in [-0.3, -0.25) is 10.4 Å². The minimum atomic E-state index is -0.357. The number of H-pyrrole nitrogens is 1. The van der Waals surface area contributed by atoms with E-state index in [9.17, 15) is 4.79 Å². The van der Waals surface area contributed by atoms with Gasteiger partial charge in [0.05, 0.1) is 0 Å². The van der Waals surface area contributed by atoms with Gasteiger partial charge in [-0.15, -0.1) is 0 Å². The lowest BCUT2D eigenvalue weighted by atomic mass is 10.2. The van der Waals surface area contributed by atoms with E-state index < -0.39 is 0 Å². The van der Waals surface area contributed by atoms with Gasteiger partial charge >= 0.3 is 6.03 Å². The van der Waals surface area contributed by atoms with Crippen molar-refractivity contribution in [1.82, 2.24) is 15.2 Å². The molecule has 0 saturated heterocycles.